The van der Waals surface area contributed by atoms with Crippen LogP contribution in [-0.2, 0) is 13.1 Å². The van der Waals surface area contributed by atoms with Gasteiger partial charge < -0.3 is 4.52 Å². The van der Waals surface area contributed by atoms with Crippen LogP contribution >= 0.6 is 20.7 Å². The fourth-order valence-corrected chi connectivity index (χ4v) is 1.86. The molecule has 0 aliphatic rings. The number of phosphoric ester groups is 1. The van der Waals surface area contributed by atoms with Crippen LogP contribution in [0.1, 0.15) is 0 Å². The molecule has 0 fully saturated rings. The van der Waals surface area contributed by atoms with Crippen LogP contribution in [0.3, 0.4) is 0 Å². The van der Waals surface area contributed by atoms with E-state index in [4.69, 9.17) is 9.05 Å². The number of para-hydroxylation sites is 1. The summed E-state index contributed by atoms with van der Waals surface area (Å²) in [4.78, 5) is 0. The lowest BCUT2D eigenvalue weighted by atomic mass is 10.3. The first-order valence-electron chi connectivity index (χ1n) is 4.13. The van der Waals surface area contributed by atoms with Gasteiger partial charge in [-0.15, -0.1) is 6.58 Å². The van der Waals surface area contributed by atoms with Crippen molar-refractivity contribution in [1.29, 1.82) is 0 Å². The molecule has 0 heterocycles. The highest BCUT2D eigenvalue weighted by Crippen LogP contribution is 2.50. The van der Waals surface area contributed by atoms with Gasteiger partial charge >= 0.3 is 7.82 Å². The Balaban J connectivity index is 2.68. The lowest BCUT2D eigenvalue weighted by Gasteiger charge is -2.14. The Bertz CT molecular complexity index is 354. The van der Waals surface area contributed by atoms with Gasteiger partial charge in [-0.2, -0.15) is 0 Å². The van der Waals surface area contributed by atoms with Crippen molar-refractivity contribution >= 4 is 20.7 Å². The maximum absolute atomic E-state index is 11.7. The van der Waals surface area contributed by atoms with Gasteiger partial charge in [-0.1, -0.05) is 24.3 Å². The van der Waals surface area contributed by atoms with Gasteiger partial charge in [0.05, 0.1) is 6.61 Å². The van der Waals surface area contributed by atoms with Crippen LogP contribution in [0.2, 0.25) is 0 Å². The highest BCUT2D eigenvalue weighted by molar-refractivity contribution is 7.80. The third-order valence-corrected chi connectivity index (χ3v) is 3.11. The fourth-order valence-electron chi connectivity index (χ4n) is 0.821. The summed E-state index contributed by atoms with van der Waals surface area (Å²) in [5.74, 6) is 0.388. The Morgan fingerprint density at radius 2 is 2.07 bits per heavy atom. The fraction of sp³-hybridized carbons (Fsp3) is 0.111. The maximum Gasteiger partial charge on any atom is 0.541 e. The van der Waals surface area contributed by atoms with Crippen molar-refractivity contribution in [3.63, 3.8) is 0 Å². The van der Waals surface area contributed by atoms with Gasteiger partial charge in [-0.3, -0.25) is 4.52 Å². The summed E-state index contributed by atoms with van der Waals surface area (Å²) in [6.07, 6.45) is 1.44. The Morgan fingerprint density at radius 3 is 2.60 bits per heavy atom. The predicted octanol–water partition coefficient (Wildman–Crippen LogP) is 3.24. The van der Waals surface area contributed by atoms with Crippen LogP contribution in [-0.4, -0.2) is 6.61 Å². The number of rotatable bonds is 6. The SMILES string of the molecule is C=CCOP(=O)(OS)Oc1ccccc1. The summed E-state index contributed by atoms with van der Waals surface area (Å²) >= 11 is 3.46. The minimum Gasteiger partial charge on any atom is -0.403 e. The molecule has 0 spiro atoms. The molecule has 1 rings (SSSR count). The average molecular weight is 246 g/mol. The minimum absolute atomic E-state index is 0.0602. The Labute approximate surface area is 94.1 Å². The summed E-state index contributed by atoms with van der Waals surface area (Å²) in [6, 6.07) is 8.56. The van der Waals surface area contributed by atoms with Crippen LogP contribution in [0, 0.1) is 0 Å². The summed E-state index contributed by atoms with van der Waals surface area (Å²) in [7, 11) is -3.65. The first kappa shape index (κ1) is 12.3. The molecule has 0 bridgehead atoms. The van der Waals surface area contributed by atoms with E-state index in [1.165, 1.54) is 6.08 Å². The molecule has 1 atom stereocenters. The maximum atomic E-state index is 11.7. The van der Waals surface area contributed by atoms with Gasteiger partial charge in [0.25, 0.3) is 0 Å². The highest BCUT2D eigenvalue weighted by Gasteiger charge is 2.27. The van der Waals surface area contributed by atoms with E-state index >= 15 is 0 Å². The van der Waals surface area contributed by atoms with Crippen molar-refractivity contribution in [3.8, 4) is 5.75 Å². The van der Waals surface area contributed by atoms with Crippen molar-refractivity contribution in [3.05, 3.63) is 43.0 Å². The lowest BCUT2D eigenvalue weighted by molar-refractivity contribution is 0.240. The van der Waals surface area contributed by atoms with E-state index in [2.05, 4.69) is 23.5 Å². The Morgan fingerprint density at radius 1 is 1.40 bits per heavy atom. The molecule has 0 saturated heterocycles. The second-order valence-electron chi connectivity index (χ2n) is 2.52. The van der Waals surface area contributed by atoms with Crippen molar-refractivity contribution < 1.29 is 17.6 Å². The highest BCUT2D eigenvalue weighted by atomic mass is 32.1. The molecule has 0 saturated carbocycles. The van der Waals surface area contributed by atoms with Crippen molar-refractivity contribution in [2.75, 3.05) is 6.61 Å². The third kappa shape index (κ3) is 4.10. The number of hydrogen-bond donors (Lipinski definition) is 1. The monoisotopic (exact) mass is 246 g/mol. The van der Waals surface area contributed by atoms with Crippen LogP contribution in [0.4, 0.5) is 0 Å². The van der Waals surface area contributed by atoms with Gasteiger partial charge in [0.1, 0.15) is 5.75 Å². The first-order chi connectivity index (χ1) is 7.20. The first-order valence-corrected chi connectivity index (χ1v) is 5.96. The van der Waals surface area contributed by atoms with Gasteiger partial charge in [0, 0.05) is 0 Å². The molecule has 1 unspecified atom stereocenters. The number of thiol groups is 1. The number of benzene rings is 1. The predicted molar refractivity (Wildman–Crippen MR) is 60.9 cm³/mol. The molecule has 0 radical (unpaired) electrons. The second-order valence-corrected chi connectivity index (χ2v) is 4.51. The van der Waals surface area contributed by atoms with Crippen LogP contribution in [0.5, 0.6) is 5.75 Å². The average Bonchev–Trinajstić information content (AvgIpc) is 2.28. The zero-order valence-corrected chi connectivity index (χ0v) is 9.69. The van der Waals surface area contributed by atoms with E-state index < -0.39 is 7.82 Å². The van der Waals surface area contributed by atoms with Gasteiger partial charge in [-0.25, -0.2) is 8.54 Å². The minimum atomic E-state index is -3.65. The van der Waals surface area contributed by atoms with E-state index in [9.17, 15) is 4.57 Å². The molecule has 0 aliphatic heterocycles. The van der Waals surface area contributed by atoms with E-state index in [1.807, 2.05) is 6.07 Å². The van der Waals surface area contributed by atoms with E-state index in [-0.39, 0.29) is 6.61 Å². The van der Waals surface area contributed by atoms with Crippen LogP contribution < -0.4 is 4.52 Å². The van der Waals surface area contributed by atoms with E-state index in [0.717, 1.165) is 0 Å². The number of hydrogen-bond acceptors (Lipinski definition) is 5. The van der Waals surface area contributed by atoms with Gasteiger partial charge in [0.15, 0.2) is 0 Å². The van der Waals surface area contributed by atoms with E-state index in [1.54, 1.807) is 24.3 Å². The molecule has 0 aromatic heterocycles. The molecule has 4 nitrogen and oxygen atoms in total. The molecule has 6 heteroatoms. The molecule has 1 aromatic rings. The quantitative estimate of drug-likeness (QED) is 0.362. The van der Waals surface area contributed by atoms with Crippen molar-refractivity contribution in [2.45, 2.75) is 0 Å². The molecule has 0 aliphatic carbocycles. The molecule has 1 aromatic carbocycles. The Kier molecular flexibility index (Phi) is 4.91. The summed E-state index contributed by atoms with van der Waals surface area (Å²) in [6.45, 7) is 3.48. The second kappa shape index (κ2) is 5.98. The molecular formula is C9H11O4PS. The normalized spacial score (nSPS) is 14.2. The standard InChI is InChI=1S/C9H11O4PS/c1-2-8-11-14(10,13-15)12-9-6-4-3-5-7-9/h2-7,15H,1,8H2. The Hall–Kier alpha value is -0.740. The number of phosphoric acid groups is 1. The summed E-state index contributed by atoms with van der Waals surface area (Å²) in [5, 5.41) is 0. The lowest BCUT2D eigenvalue weighted by Crippen LogP contribution is -1.98. The third-order valence-electron chi connectivity index (χ3n) is 1.41. The molecule has 15 heavy (non-hydrogen) atoms. The van der Waals surface area contributed by atoms with Gasteiger partial charge in [-0.05, 0) is 25.0 Å². The molecule has 82 valence electrons. The topological polar surface area (TPSA) is 44.8 Å². The van der Waals surface area contributed by atoms with Crippen molar-refractivity contribution in [1.82, 2.24) is 0 Å². The molecule has 0 amide bonds. The van der Waals surface area contributed by atoms with Crippen molar-refractivity contribution in [2.24, 2.45) is 0 Å². The summed E-state index contributed by atoms with van der Waals surface area (Å²) < 4.78 is 26.0. The van der Waals surface area contributed by atoms with Gasteiger partial charge in [0.2, 0.25) is 0 Å². The zero-order chi connectivity index (χ0) is 11.1. The van der Waals surface area contributed by atoms with Crippen LogP contribution in [0.25, 0.3) is 0 Å². The van der Waals surface area contributed by atoms with E-state index in [0.29, 0.717) is 5.75 Å². The van der Waals surface area contributed by atoms with Crippen LogP contribution in [0.15, 0.2) is 43.0 Å². The largest absolute Gasteiger partial charge is 0.541 e. The summed E-state index contributed by atoms with van der Waals surface area (Å²) in [5.41, 5.74) is 0. The zero-order valence-electron chi connectivity index (χ0n) is 7.91. The molecule has 0 N–H and O–H groups in total. The molecular weight excluding hydrogens is 235 g/mol. The smallest absolute Gasteiger partial charge is 0.403 e.